The molecule has 0 saturated carbocycles. The summed E-state index contributed by atoms with van der Waals surface area (Å²) in [6.45, 7) is 5.51. The van der Waals surface area contributed by atoms with Crippen molar-refractivity contribution in [2.75, 3.05) is 20.3 Å². The molecule has 144 valence electrons. The smallest absolute Gasteiger partial charge is 0.337 e. The lowest BCUT2D eigenvalue weighted by atomic mass is 10.1. The summed E-state index contributed by atoms with van der Waals surface area (Å²) in [7, 11) is 1.33. The average Bonchev–Trinajstić information content (AvgIpc) is 3.29. The quantitative estimate of drug-likeness (QED) is 0.552. The van der Waals surface area contributed by atoms with E-state index in [1.54, 1.807) is 24.3 Å². The number of esters is 1. The molecule has 1 aliphatic rings. The third-order valence-electron chi connectivity index (χ3n) is 4.93. The summed E-state index contributed by atoms with van der Waals surface area (Å²) in [6, 6.07) is 8.44. The second kappa shape index (κ2) is 8.39. The van der Waals surface area contributed by atoms with Crippen LogP contribution in [0.2, 0.25) is 0 Å². The molecule has 0 unspecified atom stereocenters. The van der Waals surface area contributed by atoms with Crippen LogP contribution >= 0.6 is 0 Å². The predicted molar refractivity (Wildman–Crippen MR) is 100 cm³/mol. The summed E-state index contributed by atoms with van der Waals surface area (Å²) < 4.78 is 18.1. The normalized spacial score (nSPS) is 16.3. The number of benzene rings is 1. The van der Waals surface area contributed by atoms with E-state index in [-0.39, 0.29) is 18.5 Å². The molecule has 0 bridgehead atoms. The van der Waals surface area contributed by atoms with E-state index in [1.807, 2.05) is 19.9 Å². The van der Waals surface area contributed by atoms with Gasteiger partial charge in [-0.05, 0) is 57.0 Å². The van der Waals surface area contributed by atoms with Gasteiger partial charge in [0.25, 0.3) is 0 Å². The average molecular weight is 371 g/mol. The highest BCUT2D eigenvalue weighted by Gasteiger charge is 2.21. The highest BCUT2D eigenvalue weighted by atomic mass is 16.5. The Balaban J connectivity index is 1.63. The lowest BCUT2D eigenvalue weighted by molar-refractivity contribution is 0.0600. The van der Waals surface area contributed by atoms with Crippen LogP contribution < -0.4 is 4.74 Å². The van der Waals surface area contributed by atoms with Crippen LogP contribution in [0.3, 0.4) is 0 Å². The number of carbonyl (C=O) groups is 2. The van der Waals surface area contributed by atoms with Gasteiger partial charge in [0.15, 0.2) is 6.61 Å². The van der Waals surface area contributed by atoms with Crippen LogP contribution in [-0.2, 0) is 16.0 Å². The van der Waals surface area contributed by atoms with Crippen LogP contribution in [0.25, 0.3) is 0 Å². The molecule has 0 radical (unpaired) electrons. The minimum Gasteiger partial charge on any atom is -0.485 e. The third-order valence-corrected chi connectivity index (χ3v) is 4.93. The van der Waals surface area contributed by atoms with Crippen molar-refractivity contribution in [3.8, 4) is 5.75 Å². The molecule has 1 fully saturated rings. The van der Waals surface area contributed by atoms with E-state index in [0.29, 0.717) is 16.9 Å². The van der Waals surface area contributed by atoms with E-state index in [2.05, 4.69) is 9.30 Å². The molecule has 3 rings (SSSR count). The Hall–Kier alpha value is -2.60. The highest BCUT2D eigenvalue weighted by Crippen LogP contribution is 2.21. The number of nitrogens with zero attached hydrogens (tertiary/aromatic N) is 1. The molecule has 0 N–H and O–H groups in total. The van der Waals surface area contributed by atoms with E-state index >= 15 is 0 Å². The number of ketones is 1. The number of rotatable bonds is 7. The van der Waals surface area contributed by atoms with Crippen molar-refractivity contribution < 1.29 is 23.8 Å². The highest BCUT2D eigenvalue weighted by molar-refractivity contribution is 5.98. The first-order chi connectivity index (χ1) is 13.0. The lowest BCUT2D eigenvalue weighted by Gasteiger charge is -2.14. The number of hydrogen-bond acceptors (Lipinski definition) is 5. The van der Waals surface area contributed by atoms with Gasteiger partial charge in [-0.25, -0.2) is 4.79 Å². The van der Waals surface area contributed by atoms with Gasteiger partial charge in [-0.1, -0.05) is 0 Å². The number of ether oxygens (including phenoxy) is 3. The number of methoxy groups -OCH3 is 1. The Morgan fingerprint density at radius 2 is 1.96 bits per heavy atom. The van der Waals surface area contributed by atoms with Crippen LogP contribution in [0.5, 0.6) is 5.75 Å². The molecular weight excluding hydrogens is 346 g/mol. The molecule has 1 atom stereocenters. The Bertz CT molecular complexity index is 816. The molecule has 1 saturated heterocycles. The molecule has 0 amide bonds. The molecule has 27 heavy (non-hydrogen) atoms. The first-order valence-corrected chi connectivity index (χ1v) is 9.12. The number of carbonyl (C=O) groups excluding carboxylic acids is 2. The monoisotopic (exact) mass is 371 g/mol. The van der Waals surface area contributed by atoms with Gasteiger partial charge in [0, 0.05) is 30.1 Å². The summed E-state index contributed by atoms with van der Waals surface area (Å²) in [6.07, 6.45) is 2.38. The van der Waals surface area contributed by atoms with E-state index in [1.165, 1.54) is 7.11 Å². The molecule has 0 spiro atoms. The maximum atomic E-state index is 12.6. The van der Waals surface area contributed by atoms with Gasteiger partial charge in [-0.3, -0.25) is 4.79 Å². The van der Waals surface area contributed by atoms with Crippen LogP contribution in [-0.4, -0.2) is 42.7 Å². The number of Topliss-reactive ketones (excluding diaryl/α,β-unsaturated/α-hetero) is 1. The first kappa shape index (κ1) is 19.2. The second-order valence-electron chi connectivity index (χ2n) is 6.76. The van der Waals surface area contributed by atoms with Crippen LogP contribution in [0.1, 0.15) is 44.9 Å². The van der Waals surface area contributed by atoms with Gasteiger partial charge in [0.2, 0.25) is 5.78 Å². The zero-order chi connectivity index (χ0) is 19.4. The first-order valence-electron chi connectivity index (χ1n) is 9.12. The molecule has 2 heterocycles. The van der Waals surface area contributed by atoms with Crippen molar-refractivity contribution in [3.05, 3.63) is 52.8 Å². The van der Waals surface area contributed by atoms with Crippen molar-refractivity contribution in [1.82, 2.24) is 4.57 Å². The number of hydrogen-bond donors (Lipinski definition) is 0. The predicted octanol–water partition coefficient (Wildman–Crippen LogP) is 3.33. The van der Waals surface area contributed by atoms with E-state index in [9.17, 15) is 9.59 Å². The fraction of sp³-hybridized carbons (Fsp3) is 0.429. The minimum absolute atomic E-state index is 0.0538. The fourth-order valence-corrected chi connectivity index (χ4v) is 3.39. The van der Waals surface area contributed by atoms with Crippen molar-refractivity contribution >= 4 is 11.8 Å². The maximum absolute atomic E-state index is 12.6. The molecule has 6 heteroatoms. The summed E-state index contributed by atoms with van der Waals surface area (Å²) in [4.78, 5) is 24.1. The Morgan fingerprint density at radius 1 is 1.22 bits per heavy atom. The second-order valence-corrected chi connectivity index (χ2v) is 6.76. The summed E-state index contributed by atoms with van der Waals surface area (Å²) in [5.41, 5.74) is 3.11. The molecule has 6 nitrogen and oxygen atoms in total. The maximum Gasteiger partial charge on any atom is 0.337 e. The topological polar surface area (TPSA) is 66.8 Å². The lowest BCUT2D eigenvalue weighted by Crippen LogP contribution is -2.18. The number of aromatic nitrogens is 1. The zero-order valence-electron chi connectivity index (χ0n) is 16.0. The van der Waals surface area contributed by atoms with Crippen LogP contribution in [0.4, 0.5) is 0 Å². The van der Waals surface area contributed by atoms with Gasteiger partial charge >= 0.3 is 5.97 Å². The molecule has 1 aromatic carbocycles. The van der Waals surface area contributed by atoms with Crippen LogP contribution in [0, 0.1) is 13.8 Å². The molecule has 1 aliphatic heterocycles. The zero-order valence-corrected chi connectivity index (χ0v) is 16.0. The van der Waals surface area contributed by atoms with E-state index in [0.717, 1.165) is 37.4 Å². The van der Waals surface area contributed by atoms with Crippen molar-refractivity contribution in [2.24, 2.45) is 0 Å². The SMILES string of the molecule is COC(=O)c1ccc(OCC(=O)c2cc(C)n(C[C@@H]3CCCO3)c2C)cc1. The molecule has 2 aromatic rings. The summed E-state index contributed by atoms with van der Waals surface area (Å²) in [5, 5.41) is 0. The summed E-state index contributed by atoms with van der Waals surface area (Å²) >= 11 is 0. The Morgan fingerprint density at radius 3 is 2.59 bits per heavy atom. The Labute approximate surface area is 159 Å². The standard InChI is InChI=1S/C21H25NO5/c1-14-11-19(15(2)22(14)12-18-5-4-10-26-18)20(23)13-27-17-8-6-16(7-9-17)21(24)25-3/h6-9,11,18H,4-5,10,12-13H2,1-3H3/t18-/m0/s1. The largest absolute Gasteiger partial charge is 0.485 e. The molecular formula is C21H25NO5. The van der Waals surface area contributed by atoms with Gasteiger partial charge in [0.1, 0.15) is 5.75 Å². The summed E-state index contributed by atoms with van der Waals surface area (Å²) in [5.74, 6) is 0.0548. The third kappa shape index (κ3) is 4.39. The van der Waals surface area contributed by atoms with Gasteiger partial charge in [-0.15, -0.1) is 0 Å². The minimum atomic E-state index is -0.406. The van der Waals surface area contributed by atoms with Crippen molar-refractivity contribution in [1.29, 1.82) is 0 Å². The number of aryl methyl sites for hydroxylation is 1. The van der Waals surface area contributed by atoms with Gasteiger partial charge in [0.05, 0.1) is 18.8 Å². The van der Waals surface area contributed by atoms with Gasteiger partial charge < -0.3 is 18.8 Å². The van der Waals surface area contributed by atoms with Crippen molar-refractivity contribution in [3.63, 3.8) is 0 Å². The van der Waals surface area contributed by atoms with Crippen molar-refractivity contribution in [2.45, 2.75) is 39.3 Å². The van der Waals surface area contributed by atoms with E-state index in [4.69, 9.17) is 9.47 Å². The molecule has 0 aliphatic carbocycles. The van der Waals surface area contributed by atoms with Crippen LogP contribution in [0.15, 0.2) is 30.3 Å². The molecule has 1 aromatic heterocycles. The van der Waals surface area contributed by atoms with E-state index < -0.39 is 5.97 Å². The fourth-order valence-electron chi connectivity index (χ4n) is 3.39. The van der Waals surface area contributed by atoms with Gasteiger partial charge in [-0.2, -0.15) is 0 Å². The Kier molecular flexibility index (Phi) is 5.96.